The lowest BCUT2D eigenvalue weighted by molar-refractivity contribution is -0.0624. The number of nitrogen functional groups attached to an aromatic ring is 1. The number of aromatic nitrogens is 2. The summed E-state index contributed by atoms with van der Waals surface area (Å²) in [5, 5.41) is 20.5. The predicted molar refractivity (Wildman–Crippen MR) is 99.8 cm³/mol. The zero-order valence-corrected chi connectivity index (χ0v) is 16.8. The number of nitrogens with zero attached hydrogens (tertiary/aromatic N) is 2. The average Bonchev–Trinajstić information content (AvgIpc) is 2.79. The molecule has 1 fully saturated rings. The summed E-state index contributed by atoms with van der Waals surface area (Å²) < 4.78 is 13.3. The number of anilines is 1. The fourth-order valence-corrected chi connectivity index (χ4v) is 3.86. The molecule has 26 heavy (non-hydrogen) atoms. The minimum absolute atomic E-state index is 0.0667. The van der Waals surface area contributed by atoms with Gasteiger partial charge in [0, 0.05) is 6.20 Å². The Morgan fingerprint density at radius 1 is 1.54 bits per heavy atom. The van der Waals surface area contributed by atoms with E-state index >= 15 is 0 Å². The number of hydrogen-bond donors (Lipinski definition) is 3. The van der Waals surface area contributed by atoms with E-state index in [9.17, 15) is 15.0 Å². The van der Waals surface area contributed by atoms with Crippen molar-refractivity contribution < 1.29 is 19.4 Å². The van der Waals surface area contributed by atoms with Crippen LogP contribution in [0.4, 0.5) is 5.82 Å². The quantitative estimate of drug-likeness (QED) is 0.512. The second-order valence-electron chi connectivity index (χ2n) is 8.01. The van der Waals surface area contributed by atoms with E-state index in [2.05, 4.69) is 10.9 Å². The summed E-state index contributed by atoms with van der Waals surface area (Å²) in [7, 11) is -2.40. The Hall–Kier alpha value is -1.70. The van der Waals surface area contributed by atoms with Gasteiger partial charge in [-0.15, -0.1) is 6.42 Å². The van der Waals surface area contributed by atoms with Crippen molar-refractivity contribution in [3.8, 4) is 12.3 Å². The standard InChI is InChI=1S/C17H27N3O5Si/c1-7-17(23)11(10-21)24-14(20-9-8-12(18)19-15(20)22)13(17)25-26(5,6)16(2,3)4/h1,8-9,11,13-14,21,23H,10H2,2-6H3,(H2,18,19,22)/t11-,13+,14-,17-/m1/s1. The second-order valence-corrected chi connectivity index (χ2v) is 12.8. The predicted octanol–water partition coefficient (Wildman–Crippen LogP) is 0.470. The van der Waals surface area contributed by atoms with Gasteiger partial charge in [0.25, 0.3) is 0 Å². The van der Waals surface area contributed by atoms with Crippen LogP contribution in [-0.2, 0) is 9.16 Å². The molecule has 144 valence electrons. The molecule has 4 N–H and O–H groups in total. The van der Waals surface area contributed by atoms with E-state index in [1.807, 2.05) is 33.9 Å². The molecule has 0 aliphatic carbocycles. The molecule has 1 saturated heterocycles. The fourth-order valence-electron chi connectivity index (χ4n) is 2.57. The van der Waals surface area contributed by atoms with Gasteiger partial charge < -0.3 is 25.1 Å². The van der Waals surface area contributed by atoms with Crippen LogP contribution in [0.1, 0.15) is 27.0 Å². The van der Waals surface area contributed by atoms with Crippen molar-refractivity contribution in [2.24, 2.45) is 0 Å². The zero-order chi connectivity index (χ0) is 19.9. The lowest BCUT2D eigenvalue weighted by atomic mass is 9.93. The van der Waals surface area contributed by atoms with Gasteiger partial charge in [-0.1, -0.05) is 26.7 Å². The van der Waals surface area contributed by atoms with Crippen molar-refractivity contribution in [2.45, 2.75) is 62.9 Å². The molecule has 0 aromatic carbocycles. The summed E-state index contributed by atoms with van der Waals surface area (Å²) in [6.45, 7) is 9.60. The van der Waals surface area contributed by atoms with Crippen LogP contribution >= 0.6 is 0 Å². The number of nitrogens with two attached hydrogens (primary N) is 1. The van der Waals surface area contributed by atoms with Crippen LogP contribution < -0.4 is 11.4 Å². The highest BCUT2D eigenvalue weighted by Gasteiger charge is 2.59. The molecule has 0 spiro atoms. The highest BCUT2D eigenvalue weighted by atomic mass is 28.4. The summed E-state index contributed by atoms with van der Waals surface area (Å²) in [5.74, 6) is 2.37. The smallest absolute Gasteiger partial charge is 0.351 e. The molecule has 1 aromatic rings. The van der Waals surface area contributed by atoms with E-state index in [1.54, 1.807) is 0 Å². The van der Waals surface area contributed by atoms with Crippen LogP contribution in [0.25, 0.3) is 0 Å². The Morgan fingerprint density at radius 2 is 2.15 bits per heavy atom. The van der Waals surface area contributed by atoms with Gasteiger partial charge >= 0.3 is 5.69 Å². The number of hydrogen-bond acceptors (Lipinski definition) is 7. The molecule has 0 bridgehead atoms. The van der Waals surface area contributed by atoms with Crippen molar-refractivity contribution in [1.82, 2.24) is 9.55 Å². The molecule has 2 rings (SSSR count). The lowest BCUT2D eigenvalue weighted by Crippen LogP contribution is -2.55. The zero-order valence-electron chi connectivity index (χ0n) is 15.8. The van der Waals surface area contributed by atoms with E-state index in [1.165, 1.54) is 16.8 Å². The van der Waals surface area contributed by atoms with E-state index in [0.717, 1.165) is 0 Å². The first kappa shape index (κ1) is 20.6. The maximum atomic E-state index is 12.3. The molecule has 8 nitrogen and oxygen atoms in total. The average molecular weight is 382 g/mol. The van der Waals surface area contributed by atoms with Crippen molar-refractivity contribution in [3.05, 3.63) is 22.7 Å². The summed E-state index contributed by atoms with van der Waals surface area (Å²) in [5.41, 5.74) is 2.99. The van der Waals surface area contributed by atoms with Crippen molar-refractivity contribution in [3.63, 3.8) is 0 Å². The van der Waals surface area contributed by atoms with Crippen LogP contribution in [-0.4, -0.2) is 52.5 Å². The van der Waals surface area contributed by atoms with Crippen LogP contribution in [0.5, 0.6) is 0 Å². The highest BCUT2D eigenvalue weighted by Crippen LogP contribution is 2.44. The SMILES string of the molecule is C#C[C@@]1(O)[C@@H](CO)O[C@@H](n2ccc(N)nc2=O)[C@@H]1O[Si](C)(C)C(C)(C)C. The first-order chi connectivity index (χ1) is 11.9. The van der Waals surface area contributed by atoms with Gasteiger partial charge in [-0.3, -0.25) is 4.57 Å². The minimum atomic E-state index is -2.40. The number of aliphatic hydroxyl groups is 2. The fraction of sp³-hybridized carbons (Fsp3) is 0.647. The van der Waals surface area contributed by atoms with E-state index in [4.69, 9.17) is 21.3 Å². The van der Waals surface area contributed by atoms with Gasteiger partial charge in [0.2, 0.25) is 0 Å². The molecule has 1 aromatic heterocycles. The molecule has 4 atom stereocenters. The number of ether oxygens (including phenoxy) is 1. The number of rotatable bonds is 4. The van der Waals surface area contributed by atoms with Crippen molar-refractivity contribution in [2.75, 3.05) is 12.3 Å². The van der Waals surface area contributed by atoms with Gasteiger partial charge in [-0.05, 0) is 24.2 Å². The third-order valence-corrected chi connectivity index (χ3v) is 9.69. The summed E-state index contributed by atoms with van der Waals surface area (Å²) in [6.07, 6.45) is 3.80. The van der Waals surface area contributed by atoms with Gasteiger partial charge in [0.1, 0.15) is 18.0 Å². The Kier molecular flexibility index (Phi) is 5.38. The van der Waals surface area contributed by atoms with Gasteiger partial charge in [-0.2, -0.15) is 4.98 Å². The first-order valence-corrected chi connectivity index (χ1v) is 11.3. The maximum absolute atomic E-state index is 12.3. The molecule has 0 amide bonds. The summed E-state index contributed by atoms with van der Waals surface area (Å²) in [4.78, 5) is 16.0. The normalized spacial score (nSPS) is 29.5. The van der Waals surface area contributed by atoms with Crippen molar-refractivity contribution >= 4 is 14.1 Å². The summed E-state index contributed by atoms with van der Waals surface area (Å²) >= 11 is 0. The first-order valence-electron chi connectivity index (χ1n) is 8.36. The molecule has 9 heteroatoms. The monoisotopic (exact) mass is 381 g/mol. The molecular weight excluding hydrogens is 354 g/mol. The van der Waals surface area contributed by atoms with Crippen LogP contribution in [0.15, 0.2) is 17.1 Å². The molecule has 0 saturated carbocycles. The Labute approximate surface area is 154 Å². The summed E-state index contributed by atoms with van der Waals surface area (Å²) in [6, 6.07) is 1.44. The van der Waals surface area contributed by atoms with Gasteiger partial charge in [-0.25, -0.2) is 4.79 Å². The Morgan fingerprint density at radius 3 is 2.62 bits per heavy atom. The van der Waals surface area contributed by atoms with Crippen LogP contribution in [0, 0.1) is 12.3 Å². The molecule has 1 aliphatic heterocycles. The maximum Gasteiger partial charge on any atom is 0.351 e. The van der Waals surface area contributed by atoms with E-state index < -0.39 is 44.7 Å². The highest BCUT2D eigenvalue weighted by molar-refractivity contribution is 6.74. The Balaban J connectivity index is 2.55. The van der Waals surface area contributed by atoms with Crippen LogP contribution in [0.2, 0.25) is 18.1 Å². The van der Waals surface area contributed by atoms with Crippen LogP contribution in [0.3, 0.4) is 0 Å². The number of terminal acetylenes is 1. The third kappa shape index (κ3) is 3.43. The minimum Gasteiger partial charge on any atom is -0.405 e. The van der Waals surface area contributed by atoms with Crippen molar-refractivity contribution in [1.29, 1.82) is 0 Å². The third-order valence-electron chi connectivity index (χ3n) is 5.24. The number of aliphatic hydroxyl groups excluding tert-OH is 1. The molecule has 2 heterocycles. The van der Waals surface area contributed by atoms with Gasteiger partial charge in [0.05, 0.1) is 6.61 Å². The Bertz CT molecular complexity index is 767. The largest absolute Gasteiger partial charge is 0.405 e. The molecular formula is C17H27N3O5Si. The molecule has 0 unspecified atom stereocenters. The van der Waals surface area contributed by atoms with E-state index in [0.29, 0.717) is 0 Å². The topological polar surface area (TPSA) is 120 Å². The van der Waals surface area contributed by atoms with Gasteiger partial charge in [0.15, 0.2) is 20.1 Å². The molecule has 1 aliphatic rings. The second kappa shape index (κ2) is 6.79. The van der Waals surface area contributed by atoms with E-state index in [-0.39, 0.29) is 10.9 Å². The lowest BCUT2D eigenvalue weighted by Gasteiger charge is -2.41. The molecule has 0 radical (unpaired) electrons.